The van der Waals surface area contributed by atoms with E-state index in [1.54, 1.807) is 37.6 Å². The van der Waals surface area contributed by atoms with Crippen molar-refractivity contribution in [3.8, 4) is 11.5 Å². The van der Waals surface area contributed by atoms with E-state index in [4.69, 9.17) is 21.1 Å². The van der Waals surface area contributed by atoms with E-state index >= 15 is 0 Å². The number of nitrogens with one attached hydrogen (secondary N) is 1. The molecular weight excluding hydrogens is 390 g/mol. The van der Waals surface area contributed by atoms with Gasteiger partial charge in [-0.2, -0.15) is 5.10 Å². The Kier molecular flexibility index (Phi) is 9.31. The molecule has 0 atom stereocenters. The molecule has 0 bridgehead atoms. The van der Waals surface area contributed by atoms with Crippen LogP contribution in [0.1, 0.15) is 32.3 Å². The Labute approximate surface area is 177 Å². The quantitative estimate of drug-likeness (QED) is 0.420. The van der Waals surface area contributed by atoms with Crippen molar-refractivity contribution in [1.29, 1.82) is 0 Å². The molecule has 1 amide bonds. The molecule has 156 valence electrons. The second kappa shape index (κ2) is 12.0. The van der Waals surface area contributed by atoms with Crippen molar-refractivity contribution in [2.24, 2.45) is 5.10 Å². The van der Waals surface area contributed by atoms with Crippen LogP contribution < -0.4 is 14.9 Å². The fourth-order valence-electron chi connectivity index (χ4n) is 2.75. The topological polar surface area (TPSA) is 63.2 Å². The molecule has 29 heavy (non-hydrogen) atoms. The minimum absolute atomic E-state index is 0.0138. The number of halogens is 1. The van der Waals surface area contributed by atoms with Crippen molar-refractivity contribution in [3.63, 3.8) is 0 Å². The predicted molar refractivity (Wildman–Crippen MR) is 118 cm³/mol. The maximum Gasteiger partial charge on any atom is 0.260 e. The molecule has 2 aromatic carbocycles. The molecule has 0 spiro atoms. The van der Waals surface area contributed by atoms with Crippen LogP contribution in [-0.4, -0.2) is 43.8 Å². The first-order valence-electron chi connectivity index (χ1n) is 9.70. The van der Waals surface area contributed by atoms with Crippen molar-refractivity contribution >= 4 is 29.4 Å². The van der Waals surface area contributed by atoms with E-state index in [0.29, 0.717) is 16.5 Å². The maximum atomic E-state index is 12.4. The summed E-state index contributed by atoms with van der Waals surface area (Å²) in [5, 5.41) is 4.84. The van der Waals surface area contributed by atoms with Gasteiger partial charge >= 0.3 is 0 Å². The minimum atomic E-state index is -0.0212. The highest BCUT2D eigenvalue weighted by molar-refractivity contribution is 6.30. The number of benzene rings is 2. The zero-order chi connectivity index (χ0) is 21.1. The molecule has 0 heterocycles. The highest BCUT2D eigenvalue weighted by atomic mass is 35.5. The van der Waals surface area contributed by atoms with E-state index in [2.05, 4.69) is 24.4 Å². The van der Waals surface area contributed by atoms with Crippen molar-refractivity contribution in [3.05, 3.63) is 53.1 Å². The van der Waals surface area contributed by atoms with Gasteiger partial charge in [-0.25, -0.2) is 0 Å². The van der Waals surface area contributed by atoms with Crippen molar-refractivity contribution in [2.75, 3.05) is 32.2 Å². The first-order chi connectivity index (χ1) is 14.1. The second-order valence-electron chi connectivity index (χ2n) is 6.46. The maximum absolute atomic E-state index is 12.4. The highest BCUT2D eigenvalue weighted by Crippen LogP contribution is 2.27. The molecule has 7 heteroatoms. The van der Waals surface area contributed by atoms with Gasteiger partial charge in [-0.3, -0.25) is 10.2 Å². The number of carbonyl (C=O) groups is 1. The zero-order valence-corrected chi connectivity index (χ0v) is 17.9. The Bertz CT molecular complexity index is 821. The van der Waals surface area contributed by atoms with E-state index < -0.39 is 0 Å². The number of hydrazone groups is 1. The van der Waals surface area contributed by atoms with Gasteiger partial charge in [0.05, 0.1) is 19.0 Å². The Morgan fingerprint density at radius 3 is 2.55 bits per heavy atom. The first kappa shape index (κ1) is 22.6. The number of carbonyl (C=O) groups excluding carboxylic acids is 1. The van der Waals surface area contributed by atoms with Gasteiger partial charge in [0, 0.05) is 18.1 Å². The lowest BCUT2D eigenvalue weighted by Gasteiger charge is -2.21. The minimum Gasteiger partial charge on any atom is -0.493 e. The third-order valence-corrected chi connectivity index (χ3v) is 4.35. The summed E-state index contributed by atoms with van der Waals surface area (Å²) in [6.45, 7) is 5.58. The van der Waals surface area contributed by atoms with Crippen LogP contribution in [0.2, 0.25) is 5.02 Å². The van der Waals surface area contributed by atoms with Gasteiger partial charge in [0.25, 0.3) is 5.91 Å². The first-order valence-corrected chi connectivity index (χ1v) is 10.1. The summed E-state index contributed by atoms with van der Waals surface area (Å²) < 4.78 is 11.1. The van der Waals surface area contributed by atoms with E-state index in [1.165, 1.54) is 0 Å². The average Bonchev–Trinajstić information content (AvgIpc) is 2.72. The molecule has 2 rings (SSSR count). The van der Waals surface area contributed by atoms with Crippen molar-refractivity contribution < 1.29 is 14.3 Å². The standard InChI is InChI=1S/C22H28ClN3O3/c1-4-11-26(12-5-2)22(27)16-29-20-10-9-17(13-21(20)28-3)15-24-25-19-8-6-7-18(23)14-19/h6-10,13-15,25H,4-5,11-12,16H2,1-3H3. The fourth-order valence-corrected chi connectivity index (χ4v) is 2.95. The third kappa shape index (κ3) is 7.31. The molecule has 6 nitrogen and oxygen atoms in total. The van der Waals surface area contributed by atoms with Gasteiger partial charge < -0.3 is 14.4 Å². The zero-order valence-electron chi connectivity index (χ0n) is 17.2. The normalized spacial score (nSPS) is 10.8. The van der Waals surface area contributed by atoms with Gasteiger partial charge in [-0.15, -0.1) is 0 Å². The molecule has 0 aliphatic carbocycles. The Hall–Kier alpha value is -2.73. The number of hydrogen-bond acceptors (Lipinski definition) is 5. The molecule has 2 aromatic rings. The lowest BCUT2D eigenvalue weighted by molar-refractivity contribution is -0.133. The number of anilines is 1. The average molecular weight is 418 g/mol. The van der Waals surface area contributed by atoms with Crippen LogP contribution >= 0.6 is 11.6 Å². The lowest BCUT2D eigenvalue weighted by atomic mass is 10.2. The van der Waals surface area contributed by atoms with Crippen LogP contribution in [0.3, 0.4) is 0 Å². The summed E-state index contributed by atoms with van der Waals surface area (Å²) in [5.74, 6) is 1.04. The molecule has 1 N–H and O–H groups in total. The van der Waals surface area contributed by atoms with Gasteiger partial charge in [-0.05, 0) is 54.8 Å². The Balaban J connectivity index is 1.98. The molecule has 0 aliphatic rings. The second-order valence-corrected chi connectivity index (χ2v) is 6.90. The van der Waals surface area contributed by atoms with Crippen LogP contribution in [0, 0.1) is 0 Å². The van der Waals surface area contributed by atoms with Crippen LogP contribution in [0.5, 0.6) is 11.5 Å². The van der Waals surface area contributed by atoms with E-state index in [1.807, 2.05) is 23.1 Å². The number of amides is 1. The molecule has 0 unspecified atom stereocenters. The van der Waals surface area contributed by atoms with Gasteiger partial charge in [0.15, 0.2) is 18.1 Å². The van der Waals surface area contributed by atoms with E-state index in [9.17, 15) is 4.79 Å². The number of methoxy groups -OCH3 is 1. The number of rotatable bonds is 11. The molecule has 0 aliphatic heterocycles. The molecule has 0 fully saturated rings. The monoisotopic (exact) mass is 417 g/mol. The van der Waals surface area contributed by atoms with Gasteiger partial charge in [-0.1, -0.05) is 31.5 Å². The highest BCUT2D eigenvalue weighted by Gasteiger charge is 2.14. The Morgan fingerprint density at radius 2 is 1.90 bits per heavy atom. The van der Waals surface area contributed by atoms with E-state index in [0.717, 1.165) is 37.2 Å². The summed E-state index contributed by atoms with van der Waals surface area (Å²) in [6.07, 6.45) is 3.52. The molecule has 0 saturated carbocycles. The van der Waals surface area contributed by atoms with E-state index in [-0.39, 0.29) is 12.5 Å². The molecule has 0 radical (unpaired) electrons. The third-order valence-electron chi connectivity index (χ3n) is 4.11. The van der Waals surface area contributed by atoms with Crippen molar-refractivity contribution in [2.45, 2.75) is 26.7 Å². The molecular formula is C22H28ClN3O3. The number of ether oxygens (including phenoxy) is 2. The van der Waals surface area contributed by atoms with Crippen LogP contribution in [0.15, 0.2) is 47.6 Å². The summed E-state index contributed by atoms with van der Waals surface area (Å²) in [5.41, 5.74) is 4.55. The number of nitrogens with zero attached hydrogens (tertiary/aromatic N) is 2. The van der Waals surface area contributed by atoms with Gasteiger partial charge in [0.1, 0.15) is 0 Å². The summed E-state index contributed by atoms with van der Waals surface area (Å²) in [7, 11) is 1.57. The van der Waals surface area contributed by atoms with Crippen LogP contribution in [-0.2, 0) is 4.79 Å². The molecule has 0 saturated heterocycles. The smallest absolute Gasteiger partial charge is 0.260 e. The Morgan fingerprint density at radius 1 is 1.14 bits per heavy atom. The molecule has 0 aromatic heterocycles. The van der Waals surface area contributed by atoms with Crippen LogP contribution in [0.25, 0.3) is 0 Å². The SMILES string of the molecule is CCCN(CCC)C(=O)COc1ccc(C=NNc2cccc(Cl)c2)cc1OC. The number of hydrogen-bond donors (Lipinski definition) is 1. The van der Waals surface area contributed by atoms with Gasteiger partial charge in [0.2, 0.25) is 0 Å². The summed E-state index contributed by atoms with van der Waals surface area (Å²) in [6, 6.07) is 12.7. The largest absolute Gasteiger partial charge is 0.493 e. The van der Waals surface area contributed by atoms with Crippen LogP contribution in [0.4, 0.5) is 5.69 Å². The summed E-state index contributed by atoms with van der Waals surface area (Å²) >= 11 is 5.95. The predicted octanol–water partition coefficient (Wildman–Crippen LogP) is 4.82. The van der Waals surface area contributed by atoms with Crippen molar-refractivity contribution in [1.82, 2.24) is 4.90 Å². The fraction of sp³-hybridized carbons (Fsp3) is 0.364. The summed E-state index contributed by atoms with van der Waals surface area (Å²) in [4.78, 5) is 14.2. The lowest BCUT2D eigenvalue weighted by Crippen LogP contribution is -2.36.